The van der Waals surface area contributed by atoms with Gasteiger partial charge in [-0.05, 0) is 43.0 Å². The molecule has 0 aliphatic rings. The third-order valence-corrected chi connectivity index (χ3v) is 4.00. The van der Waals surface area contributed by atoms with Gasteiger partial charge in [-0.2, -0.15) is 0 Å². The van der Waals surface area contributed by atoms with Crippen molar-refractivity contribution in [3.8, 4) is 0 Å². The molecular weight excluding hydrogens is 268 g/mol. The molecule has 0 bridgehead atoms. The summed E-state index contributed by atoms with van der Waals surface area (Å²) in [5.41, 5.74) is 2.02. The van der Waals surface area contributed by atoms with Gasteiger partial charge >= 0.3 is 0 Å². The molecule has 3 nitrogen and oxygen atoms in total. The van der Waals surface area contributed by atoms with Crippen molar-refractivity contribution in [2.24, 2.45) is 0 Å². The van der Waals surface area contributed by atoms with Crippen LogP contribution in [0, 0.1) is 0 Å². The number of nitrogens with one attached hydrogen (secondary N) is 2. The monoisotopic (exact) mass is 288 g/mol. The van der Waals surface area contributed by atoms with Gasteiger partial charge in [-0.25, -0.2) is 0 Å². The molecule has 1 aromatic carbocycles. The first-order valence-electron chi connectivity index (χ1n) is 6.84. The number of carbonyl (C=O) groups excluding carboxylic acids is 1. The van der Waals surface area contributed by atoms with Crippen molar-refractivity contribution in [2.45, 2.75) is 25.8 Å². The molecule has 0 atom stereocenters. The molecule has 0 fully saturated rings. The predicted octanol–water partition coefficient (Wildman–Crippen LogP) is 3.43. The number of thiophene rings is 1. The summed E-state index contributed by atoms with van der Waals surface area (Å²) in [6.07, 6.45) is 2.43. The zero-order chi connectivity index (χ0) is 14.2. The molecule has 1 amide bonds. The van der Waals surface area contributed by atoms with Gasteiger partial charge in [-0.15, -0.1) is 11.3 Å². The number of hydrogen-bond acceptors (Lipinski definition) is 3. The highest BCUT2D eigenvalue weighted by Gasteiger charge is 2.06. The van der Waals surface area contributed by atoms with Crippen molar-refractivity contribution in [1.29, 1.82) is 0 Å². The van der Waals surface area contributed by atoms with Crippen molar-refractivity contribution in [1.82, 2.24) is 5.32 Å². The Morgan fingerprint density at radius 3 is 2.80 bits per heavy atom. The molecule has 2 N–H and O–H groups in total. The number of anilines is 1. The first kappa shape index (κ1) is 14.8. The quantitative estimate of drug-likeness (QED) is 0.819. The van der Waals surface area contributed by atoms with Gasteiger partial charge in [0, 0.05) is 23.5 Å². The Labute approximate surface area is 124 Å². The number of aryl methyl sites for hydroxylation is 1. The Kier molecular flexibility index (Phi) is 5.77. The minimum Gasteiger partial charge on any atom is -0.326 e. The summed E-state index contributed by atoms with van der Waals surface area (Å²) in [6, 6.07) is 12.1. The maximum absolute atomic E-state index is 12.0. The molecule has 0 saturated heterocycles. The molecule has 0 unspecified atom stereocenters. The zero-order valence-electron chi connectivity index (χ0n) is 11.7. The normalized spacial score (nSPS) is 10.4. The molecule has 2 aromatic rings. The van der Waals surface area contributed by atoms with Gasteiger partial charge in [0.1, 0.15) is 0 Å². The Hall–Kier alpha value is -1.65. The highest BCUT2D eigenvalue weighted by Crippen LogP contribution is 2.16. The van der Waals surface area contributed by atoms with E-state index in [4.69, 9.17) is 0 Å². The standard InChI is InChI=1S/C16H20N2OS/c1-17-12-13-6-2-3-9-15(13)18-16(19)10-4-7-14-8-5-11-20-14/h2-3,5-6,8-9,11,17H,4,7,10,12H2,1H3,(H,18,19). The molecule has 0 aliphatic carbocycles. The smallest absolute Gasteiger partial charge is 0.224 e. The van der Waals surface area contributed by atoms with Crippen LogP contribution in [-0.2, 0) is 17.8 Å². The predicted molar refractivity (Wildman–Crippen MR) is 85.1 cm³/mol. The van der Waals surface area contributed by atoms with E-state index in [1.165, 1.54) is 4.88 Å². The van der Waals surface area contributed by atoms with E-state index >= 15 is 0 Å². The fourth-order valence-electron chi connectivity index (χ4n) is 2.08. The molecule has 106 valence electrons. The summed E-state index contributed by atoms with van der Waals surface area (Å²) in [7, 11) is 1.90. The molecule has 0 aliphatic heterocycles. The topological polar surface area (TPSA) is 41.1 Å². The molecular formula is C16H20N2OS. The first-order chi connectivity index (χ1) is 9.79. The second kappa shape index (κ2) is 7.82. The van der Waals surface area contributed by atoms with E-state index in [1.807, 2.05) is 37.4 Å². The third-order valence-electron chi connectivity index (χ3n) is 3.07. The summed E-state index contributed by atoms with van der Waals surface area (Å²) < 4.78 is 0. The highest BCUT2D eigenvalue weighted by molar-refractivity contribution is 7.09. The van der Waals surface area contributed by atoms with Crippen molar-refractivity contribution in [3.05, 3.63) is 52.2 Å². The van der Waals surface area contributed by atoms with Crippen LogP contribution in [0.1, 0.15) is 23.3 Å². The first-order valence-corrected chi connectivity index (χ1v) is 7.72. The van der Waals surface area contributed by atoms with Crippen LogP contribution in [0.4, 0.5) is 5.69 Å². The largest absolute Gasteiger partial charge is 0.326 e. The maximum atomic E-state index is 12.0. The van der Waals surface area contributed by atoms with Crippen molar-refractivity contribution < 1.29 is 4.79 Å². The number of carbonyl (C=O) groups is 1. The van der Waals surface area contributed by atoms with Crippen molar-refractivity contribution in [3.63, 3.8) is 0 Å². The maximum Gasteiger partial charge on any atom is 0.224 e. The molecule has 0 saturated carbocycles. The Balaban J connectivity index is 1.82. The lowest BCUT2D eigenvalue weighted by Crippen LogP contribution is -2.15. The molecule has 4 heteroatoms. The Bertz CT molecular complexity index is 537. The van der Waals surface area contributed by atoms with Gasteiger partial charge in [-0.3, -0.25) is 4.79 Å². The SMILES string of the molecule is CNCc1ccccc1NC(=O)CCCc1cccs1. The third kappa shape index (κ3) is 4.47. The van der Waals surface area contributed by atoms with Crippen LogP contribution in [0.5, 0.6) is 0 Å². The molecule has 0 radical (unpaired) electrons. The van der Waals surface area contributed by atoms with Gasteiger partial charge in [0.25, 0.3) is 0 Å². The van der Waals surface area contributed by atoms with Gasteiger partial charge < -0.3 is 10.6 Å². The number of rotatable bonds is 7. The van der Waals surface area contributed by atoms with Crippen molar-refractivity contribution in [2.75, 3.05) is 12.4 Å². The lowest BCUT2D eigenvalue weighted by atomic mass is 10.1. The summed E-state index contributed by atoms with van der Waals surface area (Å²) in [6.45, 7) is 0.756. The van der Waals surface area contributed by atoms with Crippen LogP contribution in [0.15, 0.2) is 41.8 Å². The van der Waals surface area contributed by atoms with E-state index in [0.29, 0.717) is 6.42 Å². The Morgan fingerprint density at radius 1 is 1.20 bits per heavy atom. The van der Waals surface area contributed by atoms with E-state index < -0.39 is 0 Å². The van der Waals surface area contributed by atoms with Crippen LogP contribution >= 0.6 is 11.3 Å². The second-order valence-corrected chi connectivity index (χ2v) is 5.70. The van der Waals surface area contributed by atoms with Gasteiger partial charge in [0.2, 0.25) is 5.91 Å². The second-order valence-electron chi connectivity index (χ2n) is 4.67. The van der Waals surface area contributed by atoms with Crippen LogP contribution in [0.2, 0.25) is 0 Å². The minimum absolute atomic E-state index is 0.0881. The van der Waals surface area contributed by atoms with E-state index in [0.717, 1.165) is 30.6 Å². The van der Waals surface area contributed by atoms with E-state index in [2.05, 4.69) is 22.1 Å². The molecule has 1 heterocycles. The van der Waals surface area contributed by atoms with E-state index in [1.54, 1.807) is 11.3 Å². The molecule has 20 heavy (non-hydrogen) atoms. The zero-order valence-corrected chi connectivity index (χ0v) is 12.5. The lowest BCUT2D eigenvalue weighted by molar-refractivity contribution is -0.116. The summed E-state index contributed by atoms with van der Waals surface area (Å²) in [4.78, 5) is 13.3. The van der Waals surface area contributed by atoms with Crippen LogP contribution < -0.4 is 10.6 Å². The Morgan fingerprint density at radius 2 is 2.05 bits per heavy atom. The lowest BCUT2D eigenvalue weighted by Gasteiger charge is -2.10. The number of amides is 1. The van der Waals surface area contributed by atoms with Gasteiger partial charge in [0.05, 0.1) is 0 Å². The van der Waals surface area contributed by atoms with Gasteiger partial charge in [0.15, 0.2) is 0 Å². The molecule has 0 spiro atoms. The fourth-order valence-corrected chi connectivity index (χ4v) is 2.83. The van der Waals surface area contributed by atoms with Crippen LogP contribution in [0.3, 0.4) is 0 Å². The van der Waals surface area contributed by atoms with Gasteiger partial charge in [-0.1, -0.05) is 24.3 Å². The average molecular weight is 288 g/mol. The summed E-state index contributed by atoms with van der Waals surface area (Å²) >= 11 is 1.75. The van der Waals surface area contributed by atoms with E-state index in [-0.39, 0.29) is 5.91 Å². The van der Waals surface area contributed by atoms with Crippen LogP contribution in [-0.4, -0.2) is 13.0 Å². The highest BCUT2D eigenvalue weighted by atomic mass is 32.1. The number of para-hydroxylation sites is 1. The number of hydrogen-bond donors (Lipinski definition) is 2. The molecule has 1 aromatic heterocycles. The fraction of sp³-hybridized carbons (Fsp3) is 0.312. The van der Waals surface area contributed by atoms with Crippen molar-refractivity contribution >= 4 is 22.9 Å². The van der Waals surface area contributed by atoms with E-state index in [9.17, 15) is 4.79 Å². The van der Waals surface area contributed by atoms with Crippen LogP contribution in [0.25, 0.3) is 0 Å². The number of benzene rings is 1. The summed E-state index contributed by atoms with van der Waals surface area (Å²) in [5.74, 6) is 0.0881. The average Bonchev–Trinajstić information content (AvgIpc) is 2.94. The summed E-state index contributed by atoms with van der Waals surface area (Å²) in [5, 5.41) is 8.18. The minimum atomic E-state index is 0.0881. The molecule has 2 rings (SSSR count).